The number of carbonyl (C=O) groups excluding carboxylic acids is 1. The molecular weight excluding hydrogens is 238 g/mol. The van der Waals surface area contributed by atoms with Crippen molar-refractivity contribution in [2.24, 2.45) is 5.92 Å². The second kappa shape index (κ2) is 5.82. The van der Waals surface area contributed by atoms with Gasteiger partial charge in [-0.1, -0.05) is 13.8 Å². The summed E-state index contributed by atoms with van der Waals surface area (Å²) in [5, 5.41) is 10.9. The summed E-state index contributed by atoms with van der Waals surface area (Å²) in [4.78, 5) is 22.4. The molecule has 0 aromatic heterocycles. The van der Waals surface area contributed by atoms with Gasteiger partial charge in [0.05, 0.1) is 10.5 Å². The fraction of sp³-hybridized carbons (Fsp3) is 0.417. The van der Waals surface area contributed by atoms with Crippen molar-refractivity contribution in [1.82, 2.24) is 0 Å². The average Bonchev–Trinajstić information content (AvgIpc) is 2.25. The van der Waals surface area contributed by atoms with Crippen molar-refractivity contribution < 1.29 is 9.72 Å². The van der Waals surface area contributed by atoms with E-state index in [9.17, 15) is 14.9 Å². The molecule has 4 nitrogen and oxygen atoms in total. The van der Waals surface area contributed by atoms with Gasteiger partial charge in [0.25, 0.3) is 5.69 Å². The van der Waals surface area contributed by atoms with Gasteiger partial charge in [0.1, 0.15) is 0 Å². The summed E-state index contributed by atoms with van der Waals surface area (Å²) in [7, 11) is 0. The number of nitro benzene ring substituents is 1. The quantitative estimate of drug-likeness (QED) is 0.348. The topological polar surface area (TPSA) is 60.2 Å². The van der Waals surface area contributed by atoms with Crippen LogP contribution in [-0.2, 0) is 0 Å². The zero-order valence-corrected chi connectivity index (χ0v) is 10.9. The first-order chi connectivity index (χ1) is 7.91. The molecule has 0 aliphatic heterocycles. The third-order valence-corrected chi connectivity index (χ3v) is 3.55. The fourth-order valence-corrected chi connectivity index (χ4v) is 2.20. The van der Waals surface area contributed by atoms with Gasteiger partial charge in [-0.2, -0.15) is 0 Å². The van der Waals surface area contributed by atoms with Crippen molar-refractivity contribution in [1.29, 1.82) is 0 Å². The number of nitro groups is 1. The molecule has 0 saturated carbocycles. The number of nitrogens with zero attached hydrogens (tertiary/aromatic N) is 1. The van der Waals surface area contributed by atoms with Crippen molar-refractivity contribution in [3.8, 4) is 0 Å². The largest absolute Gasteiger partial charge is 0.294 e. The maximum absolute atomic E-state index is 11.2. The summed E-state index contributed by atoms with van der Waals surface area (Å²) in [5.74, 6) is 1.14. The number of Topliss-reactive ketones (excluding diaryl/α,β-unsaturated/α-hetero) is 1. The van der Waals surface area contributed by atoms with E-state index in [0.717, 1.165) is 10.6 Å². The van der Waals surface area contributed by atoms with E-state index in [1.165, 1.54) is 19.1 Å². The lowest BCUT2D eigenvalue weighted by Crippen LogP contribution is -2.00. The summed E-state index contributed by atoms with van der Waals surface area (Å²) in [6.45, 7) is 5.51. The minimum atomic E-state index is -0.504. The molecule has 1 aromatic carbocycles. The summed E-state index contributed by atoms with van der Waals surface area (Å²) in [6.07, 6.45) is 0. The first kappa shape index (κ1) is 13.7. The SMILES string of the molecule is CC(=O)c1ccc(SCC(C)C)cc1[N+](=O)[O-]. The van der Waals surface area contributed by atoms with Crippen molar-refractivity contribution in [3.05, 3.63) is 33.9 Å². The van der Waals surface area contributed by atoms with E-state index in [1.807, 2.05) is 0 Å². The van der Waals surface area contributed by atoms with Crippen LogP contribution in [0.25, 0.3) is 0 Å². The van der Waals surface area contributed by atoms with Crippen LogP contribution in [0.1, 0.15) is 31.1 Å². The molecule has 0 heterocycles. The van der Waals surface area contributed by atoms with Crippen LogP contribution in [-0.4, -0.2) is 16.5 Å². The van der Waals surface area contributed by atoms with Gasteiger partial charge in [0, 0.05) is 16.7 Å². The molecule has 5 heteroatoms. The van der Waals surface area contributed by atoms with Crippen molar-refractivity contribution in [3.63, 3.8) is 0 Å². The Morgan fingerprint density at radius 3 is 2.59 bits per heavy atom. The minimum absolute atomic E-state index is 0.105. The summed E-state index contributed by atoms with van der Waals surface area (Å²) in [6, 6.07) is 4.77. The van der Waals surface area contributed by atoms with E-state index in [1.54, 1.807) is 17.8 Å². The highest BCUT2D eigenvalue weighted by molar-refractivity contribution is 7.99. The molecule has 1 rings (SSSR count). The monoisotopic (exact) mass is 253 g/mol. The number of benzene rings is 1. The first-order valence-electron chi connectivity index (χ1n) is 5.34. The van der Waals surface area contributed by atoms with Crippen molar-refractivity contribution in [2.75, 3.05) is 5.75 Å². The van der Waals surface area contributed by atoms with Crippen LogP contribution in [0, 0.1) is 16.0 Å². The van der Waals surface area contributed by atoms with Gasteiger partial charge in [0.15, 0.2) is 5.78 Å². The third kappa shape index (κ3) is 3.85. The Hall–Kier alpha value is -1.36. The Kier molecular flexibility index (Phi) is 4.69. The summed E-state index contributed by atoms with van der Waals surface area (Å²) >= 11 is 1.56. The Balaban J connectivity index is 3.02. The predicted molar refractivity (Wildman–Crippen MR) is 68.7 cm³/mol. The molecule has 0 fully saturated rings. The van der Waals surface area contributed by atoms with Crippen LogP contribution in [0.2, 0.25) is 0 Å². The standard InChI is InChI=1S/C12H15NO3S/c1-8(2)7-17-10-4-5-11(9(3)14)12(6-10)13(15)16/h4-6,8H,7H2,1-3H3. The van der Waals surface area contributed by atoms with E-state index in [-0.39, 0.29) is 17.0 Å². The lowest BCUT2D eigenvalue weighted by atomic mass is 10.1. The van der Waals surface area contributed by atoms with Gasteiger partial charge in [-0.25, -0.2) is 0 Å². The molecule has 92 valence electrons. The van der Waals surface area contributed by atoms with E-state index >= 15 is 0 Å². The molecule has 0 aliphatic carbocycles. The number of ketones is 1. The van der Waals surface area contributed by atoms with Crippen LogP contribution < -0.4 is 0 Å². The highest BCUT2D eigenvalue weighted by Gasteiger charge is 2.17. The summed E-state index contributed by atoms with van der Waals surface area (Å²) < 4.78 is 0. The molecule has 0 amide bonds. The Morgan fingerprint density at radius 2 is 2.12 bits per heavy atom. The maximum Gasteiger partial charge on any atom is 0.281 e. The second-order valence-corrected chi connectivity index (χ2v) is 5.29. The number of carbonyl (C=O) groups is 1. The molecule has 0 unspecified atom stereocenters. The molecule has 0 saturated heterocycles. The molecule has 1 aromatic rings. The molecule has 0 N–H and O–H groups in total. The van der Waals surface area contributed by atoms with Gasteiger partial charge in [-0.3, -0.25) is 14.9 Å². The number of thioether (sulfide) groups is 1. The highest BCUT2D eigenvalue weighted by Crippen LogP contribution is 2.28. The van der Waals surface area contributed by atoms with Crippen LogP contribution in [0.3, 0.4) is 0 Å². The lowest BCUT2D eigenvalue weighted by Gasteiger charge is -2.05. The van der Waals surface area contributed by atoms with E-state index < -0.39 is 4.92 Å². The van der Waals surface area contributed by atoms with Crippen LogP contribution in [0.15, 0.2) is 23.1 Å². The minimum Gasteiger partial charge on any atom is -0.294 e. The van der Waals surface area contributed by atoms with Crippen LogP contribution >= 0.6 is 11.8 Å². The predicted octanol–water partition coefficient (Wildman–Crippen LogP) is 3.55. The van der Waals surface area contributed by atoms with Gasteiger partial charge >= 0.3 is 0 Å². The molecular formula is C12H15NO3S. The molecule has 0 bridgehead atoms. The average molecular weight is 253 g/mol. The van der Waals surface area contributed by atoms with Gasteiger partial charge < -0.3 is 0 Å². The van der Waals surface area contributed by atoms with Gasteiger partial charge in [-0.05, 0) is 25.0 Å². The molecule has 17 heavy (non-hydrogen) atoms. The van der Waals surface area contributed by atoms with E-state index in [0.29, 0.717) is 5.92 Å². The van der Waals surface area contributed by atoms with Gasteiger partial charge in [0.2, 0.25) is 0 Å². The Bertz CT molecular complexity index is 443. The second-order valence-electron chi connectivity index (χ2n) is 4.20. The smallest absolute Gasteiger partial charge is 0.281 e. The van der Waals surface area contributed by atoms with Crippen molar-refractivity contribution >= 4 is 23.2 Å². The number of hydrogen-bond donors (Lipinski definition) is 0. The molecule has 0 atom stereocenters. The molecule has 0 spiro atoms. The van der Waals surface area contributed by atoms with Crippen LogP contribution in [0.4, 0.5) is 5.69 Å². The summed E-state index contributed by atoms with van der Waals surface area (Å²) in [5.41, 5.74) is 0.0650. The molecule has 0 radical (unpaired) electrons. The first-order valence-corrected chi connectivity index (χ1v) is 6.32. The lowest BCUT2D eigenvalue weighted by molar-refractivity contribution is -0.385. The van der Waals surface area contributed by atoms with Crippen molar-refractivity contribution in [2.45, 2.75) is 25.7 Å². The fourth-order valence-electron chi connectivity index (χ4n) is 1.31. The highest BCUT2D eigenvalue weighted by atomic mass is 32.2. The Labute approximate surface area is 105 Å². The number of hydrogen-bond acceptors (Lipinski definition) is 4. The normalized spacial score (nSPS) is 10.6. The zero-order valence-electron chi connectivity index (χ0n) is 10.1. The van der Waals surface area contributed by atoms with Crippen LogP contribution in [0.5, 0.6) is 0 Å². The zero-order chi connectivity index (χ0) is 13.0. The maximum atomic E-state index is 11.2. The van der Waals surface area contributed by atoms with E-state index in [2.05, 4.69) is 13.8 Å². The number of rotatable bonds is 5. The molecule has 0 aliphatic rings. The third-order valence-electron chi connectivity index (χ3n) is 2.13. The van der Waals surface area contributed by atoms with Gasteiger partial charge in [-0.15, -0.1) is 11.8 Å². The Morgan fingerprint density at radius 1 is 1.47 bits per heavy atom. The van der Waals surface area contributed by atoms with E-state index in [4.69, 9.17) is 0 Å².